The molecule has 1 saturated carbocycles. The van der Waals surface area contributed by atoms with Gasteiger partial charge >= 0.3 is 0 Å². The maximum absolute atomic E-state index is 15.1. The molecule has 0 radical (unpaired) electrons. The van der Waals surface area contributed by atoms with E-state index in [0.29, 0.717) is 39.3 Å². The number of nitrogens with one attached hydrogen (secondary N) is 1. The number of pyridine rings is 2. The van der Waals surface area contributed by atoms with Crippen molar-refractivity contribution in [3.05, 3.63) is 54.4 Å². The number of fused-ring (bicyclic) bond motifs is 1. The molecule has 182 valence electrons. The minimum Gasteiger partial charge on any atom is -0.480 e. The summed E-state index contributed by atoms with van der Waals surface area (Å²) in [7, 11) is 3.36. The van der Waals surface area contributed by atoms with Gasteiger partial charge in [0, 0.05) is 54.3 Å². The summed E-state index contributed by atoms with van der Waals surface area (Å²) in [6.07, 6.45) is 7.50. The van der Waals surface area contributed by atoms with E-state index >= 15 is 4.39 Å². The number of carbonyl (C=O) groups excluding carboxylic acids is 1. The number of rotatable bonds is 4. The monoisotopic (exact) mass is 477 g/mol. The zero-order valence-corrected chi connectivity index (χ0v) is 20.0. The Morgan fingerprint density at radius 2 is 1.94 bits per heavy atom. The fraction of sp³-hybridized carbons (Fsp3) is 0.280. The number of hydrogen-bond acceptors (Lipinski definition) is 7. The van der Waals surface area contributed by atoms with E-state index in [0.717, 1.165) is 6.42 Å². The Morgan fingerprint density at radius 3 is 2.51 bits per heavy atom. The largest absolute Gasteiger partial charge is 0.480 e. The highest BCUT2D eigenvalue weighted by molar-refractivity contribution is 6.00. The normalized spacial score (nSPS) is 16.4. The van der Waals surface area contributed by atoms with E-state index in [1.807, 2.05) is 26.2 Å². The van der Waals surface area contributed by atoms with E-state index in [1.54, 1.807) is 29.9 Å². The molecule has 9 nitrogen and oxygen atoms in total. The van der Waals surface area contributed by atoms with Crippen molar-refractivity contribution in [2.24, 2.45) is 18.9 Å². The van der Waals surface area contributed by atoms with Crippen LogP contribution in [0.5, 0.6) is 5.88 Å². The first-order valence-electron chi connectivity index (χ1n) is 11.1. The number of nitrogen functional groups attached to an aromatic ring is 2. The summed E-state index contributed by atoms with van der Waals surface area (Å²) in [6, 6.07) is 5.24. The standard InChI is InChI=1S/C21H22FN5O2.C4H6N2/c1-9-4-12(9)20(28)27-16-6-11-5-13(17(22)19(24)15(11)8-25-16)14-7-26-21(29-3)18(23)10(14)2;1-6-4-2-3-5-6/h5-9,12H,4,23-24H2,1-3H3,(H,25,27,28);2-4H,1H3. The van der Waals surface area contributed by atoms with Gasteiger partial charge in [-0.3, -0.25) is 9.48 Å². The Hall–Kier alpha value is -4.21. The van der Waals surface area contributed by atoms with Crippen LogP contribution in [0.2, 0.25) is 0 Å². The van der Waals surface area contributed by atoms with E-state index in [9.17, 15) is 4.79 Å². The van der Waals surface area contributed by atoms with Crippen LogP contribution in [-0.4, -0.2) is 32.8 Å². The highest BCUT2D eigenvalue weighted by Gasteiger charge is 2.39. The number of ether oxygens (including phenoxy) is 1. The van der Waals surface area contributed by atoms with Crippen LogP contribution in [0.25, 0.3) is 21.9 Å². The topological polar surface area (TPSA) is 134 Å². The molecule has 4 aromatic rings. The molecule has 1 aliphatic carbocycles. The Balaban J connectivity index is 0.000000421. The quantitative estimate of drug-likeness (QED) is 0.379. The number of amides is 1. The van der Waals surface area contributed by atoms with Gasteiger partial charge in [-0.15, -0.1) is 0 Å². The fourth-order valence-corrected chi connectivity index (χ4v) is 3.84. The van der Waals surface area contributed by atoms with Crippen LogP contribution >= 0.6 is 0 Å². The molecule has 10 heteroatoms. The molecule has 0 spiro atoms. The number of benzene rings is 1. The van der Waals surface area contributed by atoms with Crippen molar-refractivity contribution in [3.63, 3.8) is 0 Å². The van der Waals surface area contributed by atoms with Crippen molar-refractivity contribution < 1.29 is 13.9 Å². The second-order valence-electron chi connectivity index (χ2n) is 8.65. The number of hydrogen-bond donors (Lipinski definition) is 3. The molecule has 3 heterocycles. The van der Waals surface area contributed by atoms with E-state index in [4.69, 9.17) is 16.2 Å². The van der Waals surface area contributed by atoms with Crippen molar-refractivity contribution in [2.45, 2.75) is 20.3 Å². The molecule has 2 unspecified atom stereocenters. The Morgan fingerprint density at radius 1 is 1.20 bits per heavy atom. The van der Waals surface area contributed by atoms with Crippen LogP contribution < -0.4 is 21.5 Å². The molecule has 35 heavy (non-hydrogen) atoms. The van der Waals surface area contributed by atoms with Gasteiger partial charge in [0.1, 0.15) is 5.82 Å². The molecule has 5 N–H and O–H groups in total. The number of carbonyl (C=O) groups is 1. The summed E-state index contributed by atoms with van der Waals surface area (Å²) in [5.74, 6) is 0.478. The summed E-state index contributed by atoms with van der Waals surface area (Å²) in [4.78, 5) is 20.6. The van der Waals surface area contributed by atoms with Crippen LogP contribution in [0.3, 0.4) is 0 Å². The Bertz CT molecular complexity index is 1390. The summed E-state index contributed by atoms with van der Waals surface area (Å²) < 4.78 is 21.9. The Kier molecular flexibility index (Phi) is 6.54. The molecule has 1 aliphatic rings. The molecular weight excluding hydrogens is 449 g/mol. The van der Waals surface area contributed by atoms with Crippen LogP contribution in [0.1, 0.15) is 18.9 Å². The number of halogens is 1. The maximum atomic E-state index is 15.1. The SMILES string of the molecule is COc1ncc(-c2cc3cc(NC(=O)C4CC4C)ncc3c(N)c2F)c(C)c1N.Cn1cccn1. The number of methoxy groups -OCH3 is 1. The van der Waals surface area contributed by atoms with Crippen LogP contribution in [0.15, 0.2) is 43.0 Å². The molecule has 1 aromatic carbocycles. The minimum atomic E-state index is -0.572. The van der Waals surface area contributed by atoms with Crippen molar-refractivity contribution in [1.82, 2.24) is 19.7 Å². The van der Waals surface area contributed by atoms with Gasteiger partial charge in [0.2, 0.25) is 11.8 Å². The van der Waals surface area contributed by atoms with Crippen molar-refractivity contribution in [3.8, 4) is 17.0 Å². The number of nitrogens with zero attached hydrogens (tertiary/aromatic N) is 4. The van der Waals surface area contributed by atoms with Crippen LogP contribution in [0.4, 0.5) is 21.6 Å². The lowest BCUT2D eigenvalue weighted by molar-refractivity contribution is -0.117. The predicted octanol–water partition coefficient (Wildman–Crippen LogP) is 3.93. The van der Waals surface area contributed by atoms with Gasteiger partial charge in [-0.25, -0.2) is 14.4 Å². The third kappa shape index (κ3) is 4.86. The van der Waals surface area contributed by atoms with Gasteiger partial charge in [-0.1, -0.05) is 6.92 Å². The second-order valence-corrected chi connectivity index (χ2v) is 8.65. The molecule has 1 fully saturated rings. The number of aryl methyl sites for hydroxylation is 1. The lowest BCUT2D eigenvalue weighted by Crippen LogP contribution is -2.15. The molecular formula is C25H28FN7O2. The minimum absolute atomic E-state index is 0.0209. The van der Waals surface area contributed by atoms with E-state index in [1.165, 1.54) is 19.5 Å². The van der Waals surface area contributed by atoms with Gasteiger partial charge in [-0.2, -0.15) is 5.10 Å². The third-order valence-electron chi connectivity index (χ3n) is 6.17. The molecule has 3 aromatic heterocycles. The maximum Gasteiger partial charge on any atom is 0.237 e. The van der Waals surface area contributed by atoms with Crippen molar-refractivity contribution in [2.75, 3.05) is 23.9 Å². The number of anilines is 3. The van der Waals surface area contributed by atoms with Gasteiger partial charge in [-0.05, 0) is 48.4 Å². The highest BCUT2D eigenvalue weighted by Crippen LogP contribution is 2.40. The number of nitrogens with two attached hydrogens (primary N) is 2. The Labute approximate surface area is 202 Å². The first-order valence-corrected chi connectivity index (χ1v) is 11.1. The second kappa shape index (κ2) is 9.57. The zero-order valence-electron chi connectivity index (χ0n) is 20.0. The lowest BCUT2D eigenvalue weighted by Gasteiger charge is -2.15. The van der Waals surface area contributed by atoms with E-state index < -0.39 is 5.82 Å². The summed E-state index contributed by atoms with van der Waals surface area (Å²) in [6.45, 7) is 3.80. The third-order valence-corrected chi connectivity index (χ3v) is 6.17. The first-order chi connectivity index (χ1) is 16.7. The first kappa shape index (κ1) is 23.9. The smallest absolute Gasteiger partial charge is 0.237 e. The summed E-state index contributed by atoms with van der Waals surface area (Å²) in [5.41, 5.74) is 13.9. The van der Waals surface area contributed by atoms with Gasteiger partial charge in [0.25, 0.3) is 0 Å². The molecule has 0 aliphatic heterocycles. The fourth-order valence-electron chi connectivity index (χ4n) is 3.84. The van der Waals surface area contributed by atoms with E-state index in [2.05, 4.69) is 20.4 Å². The summed E-state index contributed by atoms with van der Waals surface area (Å²) in [5, 5.41) is 7.78. The predicted molar refractivity (Wildman–Crippen MR) is 134 cm³/mol. The summed E-state index contributed by atoms with van der Waals surface area (Å²) >= 11 is 0. The van der Waals surface area contributed by atoms with Crippen molar-refractivity contribution in [1.29, 1.82) is 0 Å². The lowest BCUT2D eigenvalue weighted by atomic mass is 9.97. The zero-order chi connectivity index (χ0) is 25.3. The van der Waals surface area contributed by atoms with Crippen LogP contribution in [-0.2, 0) is 11.8 Å². The van der Waals surface area contributed by atoms with E-state index in [-0.39, 0.29) is 29.0 Å². The van der Waals surface area contributed by atoms with Crippen LogP contribution in [0, 0.1) is 24.6 Å². The number of aromatic nitrogens is 4. The molecule has 0 bridgehead atoms. The van der Waals surface area contributed by atoms with Gasteiger partial charge < -0.3 is 21.5 Å². The average molecular weight is 478 g/mol. The molecule has 0 saturated heterocycles. The van der Waals surface area contributed by atoms with Gasteiger partial charge in [0.15, 0.2) is 5.82 Å². The molecule has 2 atom stereocenters. The average Bonchev–Trinajstić information content (AvgIpc) is 3.38. The molecule has 1 amide bonds. The molecule has 5 rings (SSSR count). The highest BCUT2D eigenvalue weighted by atomic mass is 19.1. The van der Waals surface area contributed by atoms with Crippen molar-refractivity contribution >= 4 is 33.9 Å². The van der Waals surface area contributed by atoms with Gasteiger partial charge in [0.05, 0.1) is 18.5 Å².